The van der Waals surface area contributed by atoms with Crippen LogP contribution in [0.4, 0.5) is 0 Å². The van der Waals surface area contributed by atoms with Gasteiger partial charge in [0.2, 0.25) is 0 Å². The van der Waals surface area contributed by atoms with Gasteiger partial charge in [-0.15, -0.1) is 0 Å². The summed E-state index contributed by atoms with van der Waals surface area (Å²) < 4.78 is 6.36. The number of aromatic amines is 1. The number of nitrogens with zero attached hydrogens (tertiary/aromatic N) is 1. The number of hydrogen-bond acceptors (Lipinski definition) is 3. The smallest absolute Gasteiger partial charge is 0.333 e. The van der Waals surface area contributed by atoms with Crippen LogP contribution in [-0.2, 0) is 11.8 Å². The van der Waals surface area contributed by atoms with Gasteiger partial charge in [-0.25, -0.2) is 9.36 Å². The van der Waals surface area contributed by atoms with E-state index in [1.54, 1.807) is 31.4 Å². The fraction of sp³-hybridized carbons (Fsp3) is 0.238. The third-order valence-electron chi connectivity index (χ3n) is 5.03. The zero-order valence-electron chi connectivity index (χ0n) is 15.0. The number of benzene rings is 2. The Bertz CT molecular complexity index is 1110. The lowest BCUT2D eigenvalue weighted by atomic mass is 9.72. The molecule has 0 unspecified atom stereocenters. The summed E-state index contributed by atoms with van der Waals surface area (Å²) in [6, 6.07) is 14.8. The molecule has 0 amide bonds. The Morgan fingerprint density at radius 3 is 2.42 bits per heavy atom. The second-order valence-corrected chi connectivity index (χ2v) is 7.24. The molecule has 0 radical (unpaired) electrons. The molecule has 1 heterocycles. The molecule has 0 saturated carbocycles. The van der Waals surface area contributed by atoms with Crippen molar-refractivity contribution in [3.63, 3.8) is 0 Å². The van der Waals surface area contributed by atoms with Gasteiger partial charge in [0.15, 0.2) is 0 Å². The molecule has 5 nitrogen and oxygen atoms in total. The largest absolute Gasteiger partial charge is 0.497 e. The van der Waals surface area contributed by atoms with Crippen molar-refractivity contribution in [3.8, 4) is 22.7 Å². The van der Waals surface area contributed by atoms with Gasteiger partial charge in [-0.05, 0) is 36.2 Å². The maximum Gasteiger partial charge on any atom is 0.333 e. The highest BCUT2D eigenvalue weighted by atomic mass is 16.5. The van der Waals surface area contributed by atoms with Crippen LogP contribution in [0.3, 0.4) is 0 Å². The Hall–Kier alpha value is -3.08. The van der Waals surface area contributed by atoms with E-state index in [4.69, 9.17) is 4.74 Å². The topological polar surface area (TPSA) is 64.1 Å². The average Bonchev–Trinajstić information content (AvgIpc) is 2.61. The van der Waals surface area contributed by atoms with Crippen molar-refractivity contribution in [2.75, 3.05) is 7.11 Å². The number of aromatic nitrogens is 2. The van der Waals surface area contributed by atoms with Crippen LogP contribution in [0.2, 0.25) is 0 Å². The van der Waals surface area contributed by atoms with E-state index in [9.17, 15) is 9.59 Å². The van der Waals surface area contributed by atoms with Gasteiger partial charge in [-0.1, -0.05) is 38.1 Å². The highest BCUT2D eigenvalue weighted by Crippen LogP contribution is 2.39. The summed E-state index contributed by atoms with van der Waals surface area (Å²) >= 11 is 0. The van der Waals surface area contributed by atoms with E-state index in [2.05, 4.69) is 4.98 Å². The van der Waals surface area contributed by atoms with Crippen molar-refractivity contribution in [2.45, 2.75) is 25.7 Å². The molecule has 2 aromatic carbocycles. The summed E-state index contributed by atoms with van der Waals surface area (Å²) in [6.07, 6.45) is 0.750. The summed E-state index contributed by atoms with van der Waals surface area (Å²) in [5.41, 5.74) is 2.79. The third-order valence-corrected chi connectivity index (χ3v) is 5.03. The zero-order chi connectivity index (χ0) is 18.5. The minimum atomic E-state index is -0.439. The van der Waals surface area contributed by atoms with Crippen LogP contribution in [-0.4, -0.2) is 16.7 Å². The highest BCUT2D eigenvalue weighted by Gasteiger charge is 2.35. The van der Waals surface area contributed by atoms with Gasteiger partial charge in [0.1, 0.15) is 5.75 Å². The van der Waals surface area contributed by atoms with Crippen LogP contribution in [0.1, 0.15) is 25.0 Å². The number of ether oxygens (including phenoxy) is 1. The van der Waals surface area contributed by atoms with Gasteiger partial charge in [0.25, 0.3) is 5.56 Å². The quantitative estimate of drug-likeness (QED) is 0.774. The Balaban J connectivity index is 2.02. The summed E-state index contributed by atoms with van der Waals surface area (Å²) in [4.78, 5) is 29.0. The molecule has 1 aromatic heterocycles. The molecule has 0 bridgehead atoms. The lowest BCUT2D eigenvalue weighted by Crippen LogP contribution is -2.43. The average molecular weight is 348 g/mol. The van der Waals surface area contributed by atoms with Crippen LogP contribution in [0.5, 0.6) is 5.75 Å². The first-order valence-electron chi connectivity index (χ1n) is 8.55. The number of H-pyrrole nitrogens is 1. The first kappa shape index (κ1) is 16.4. The van der Waals surface area contributed by atoms with Crippen molar-refractivity contribution in [1.82, 2.24) is 9.55 Å². The minimum absolute atomic E-state index is 0.270. The molecular formula is C21H20N2O3. The van der Waals surface area contributed by atoms with Crippen molar-refractivity contribution >= 4 is 0 Å². The lowest BCUT2D eigenvalue weighted by molar-refractivity contribution is 0.414. The highest BCUT2D eigenvalue weighted by molar-refractivity contribution is 5.71. The molecule has 1 N–H and O–H groups in total. The fourth-order valence-electron chi connectivity index (χ4n) is 3.81. The van der Waals surface area contributed by atoms with Crippen molar-refractivity contribution in [2.24, 2.45) is 0 Å². The van der Waals surface area contributed by atoms with Gasteiger partial charge in [-0.2, -0.15) is 0 Å². The Morgan fingerprint density at radius 1 is 1.04 bits per heavy atom. The summed E-state index contributed by atoms with van der Waals surface area (Å²) in [6.45, 7) is 4.08. The number of fused-ring (bicyclic) bond motifs is 3. The van der Waals surface area contributed by atoms with Crippen molar-refractivity contribution in [3.05, 3.63) is 80.5 Å². The lowest BCUT2D eigenvalue weighted by Gasteiger charge is -2.33. The zero-order valence-corrected chi connectivity index (χ0v) is 15.0. The molecular weight excluding hydrogens is 328 g/mol. The van der Waals surface area contributed by atoms with E-state index >= 15 is 0 Å². The van der Waals surface area contributed by atoms with E-state index < -0.39 is 5.69 Å². The Morgan fingerprint density at radius 2 is 1.73 bits per heavy atom. The third kappa shape index (κ3) is 2.39. The summed E-state index contributed by atoms with van der Waals surface area (Å²) in [5.74, 6) is 0.672. The van der Waals surface area contributed by atoms with E-state index in [1.807, 2.05) is 38.1 Å². The maximum absolute atomic E-state index is 13.3. The van der Waals surface area contributed by atoms with Gasteiger partial charge < -0.3 is 9.72 Å². The second-order valence-electron chi connectivity index (χ2n) is 7.24. The van der Waals surface area contributed by atoms with Crippen molar-refractivity contribution < 1.29 is 4.74 Å². The molecule has 0 atom stereocenters. The predicted molar refractivity (Wildman–Crippen MR) is 101 cm³/mol. The number of methoxy groups -OCH3 is 1. The molecule has 1 aliphatic carbocycles. The van der Waals surface area contributed by atoms with Crippen LogP contribution in [0, 0.1) is 0 Å². The fourth-order valence-corrected chi connectivity index (χ4v) is 3.81. The molecule has 132 valence electrons. The van der Waals surface area contributed by atoms with Crippen LogP contribution >= 0.6 is 0 Å². The monoisotopic (exact) mass is 348 g/mol. The Kier molecular flexibility index (Phi) is 3.61. The predicted octanol–water partition coefficient (Wildman–Crippen LogP) is 3.04. The van der Waals surface area contributed by atoms with Gasteiger partial charge in [0, 0.05) is 16.5 Å². The summed E-state index contributed by atoms with van der Waals surface area (Å²) in [5, 5.41) is 0. The van der Waals surface area contributed by atoms with E-state index in [-0.39, 0.29) is 11.0 Å². The summed E-state index contributed by atoms with van der Waals surface area (Å²) in [7, 11) is 1.58. The SMILES string of the molecule is COc1ccc(-n2c(=O)[nH]c3c(c2=O)C(C)(C)Cc2ccccc2-3)cc1. The standard InChI is InChI=1S/C21H20N2O3/c1-21(2)12-13-6-4-5-7-16(13)18-17(21)19(24)23(20(25)22-18)14-8-10-15(26-3)11-9-14/h4-11H,12H2,1-3H3,(H,22,25). The van der Waals surface area contributed by atoms with Gasteiger partial charge in [-0.3, -0.25) is 4.79 Å². The number of nitrogens with one attached hydrogen (secondary N) is 1. The number of hydrogen-bond donors (Lipinski definition) is 1. The molecule has 0 aliphatic heterocycles. The van der Waals surface area contributed by atoms with Crippen LogP contribution in [0.15, 0.2) is 58.1 Å². The molecule has 1 aliphatic rings. The van der Waals surface area contributed by atoms with E-state index in [0.29, 0.717) is 22.7 Å². The first-order chi connectivity index (χ1) is 12.4. The van der Waals surface area contributed by atoms with Gasteiger partial charge in [0.05, 0.1) is 18.5 Å². The second kappa shape index (κ2) is 5.73. The molecule has 0 saturated heterocycles. The Labute approximate surface area is 150 Å². The first-order valence-corrected chi connectivity index (χ1v) is 8.55. The molecule has 5 heteroatoms. The van der Waals surface area contributed by atoms with Crippen LogP contribution < -0.4 is 16.0 Å². The molecule has 26 heavy (non-hydrogen) atoms. The van der Waals surface area contributed by atoms with Gasteiger partial charge >= 0.3 is 5.69 Å². The molecule has 0 spiro atoms. The maximum atomic E-state index is 13.3. The molecule has 0 fully saturated rings. The van der Waals surface area contributed by atoms with Crippen LogP contribution in [0.25, 0.3) is 16.9 Å². The minimum Gasteiger partial charge on any atom is -0.497 e. The van der Waals surface area contributed by atoms with E-state index in [0.717, 1.165) is 17.5 Å². The van der Waals surface area contributed by atoms with E-state index in [1.165, 1.54) is 4.57 Å². The molecule has 4 rings (SSSR count). The van der Waals surface area contributed by atoms with Crippen molar-refractivity contribution in [1.29, 1.82) is 0 Å². The molecule has 3 aromatic rings. The normalized spacial score (nSPS) is 14.4. The number of rotatable bonds is 2.